The molecule has 0 saturated heterocycles. The van der Waals surface area contributed by atoms with Crippen LogP contribution in [0.3, 0.4) is 0 Å². The zero-order chi connectivity index (χ0) is 15.7. The minimum atomic E-state index is -1.28. The number of rotatable bonds is 3. The molecule has 0 aliphatic rings. The average Bonchev–Trinajstić information content (AvgIpc) is 2.35. The molecule has 0 fully saturated rings. The molecule has 21 heavy (non-hydrogen) atoms. The van der Waals surface area contributed by atoms with E-state index in [1.807, 2.05) is 0 Å². The zero-order valence-corrected chi connectivity index (χ0v) is 13.1. The third-order valence-corrected chi connectivity index (χ3v) is 3.76. The van der Waals surface area contributed by atoms with E-state index in [9.17, 15) is 14.0 Å². The van der Waals surface area contributed by atoms with Crippen molar-refractivity contribution in [3.8, 4) is 0 Å². The number of nitrogens with zero attached hydrogens (tertiary/aromatic N) is 1. The van der Waals surface area contributed by atoms with Gasteiger partial charge in [-0.3, -0.25) is 4.79 Å². The lowest BCUT2D eigenvalue weighted by molar-refractivity contribution is 0.0693. The average molecular weight is 354 g/mol. The van der Waals surface area contributed by atoms with Gasteiger partial charge in [-0.2, -0.15) is 0 Å². The first kappa shape index (κ1) is 15.4. The first-order chi connectivity index (χ1) is 9.81. The molecule has 0 radical (unpaired) electrons. The second-order valence-corrected chi connectivity index (χ2v) is 5.69. The summed E-state index contributed by atoms with van der Waals surface area (Å²) in [7, 11) is 0. The van der Waals surface area contributed by atoms with Gasteiger partial charge in [0.05, 0.1) is 6.54 Å². The van der Waals surface area contributed by atoms with Crippen LogP contribution in [0, 0.1) is 19.7 Å². The molecule has 0 bridgehead atoms. The molecule has 0 aliphatic heterocycles. The summed E-state index contributed by atoms with van der Waals surface area (Å²) < 4.78 is 15.7. The second kappa shape index (κ2) is 5.81. The number of carboxylic acid groups (broad SMARTS) is 1. The van der Waals surface area contributed by atoms with E-state index in [0.717, 1.165) is 0 Å². The fourth-order valence-corrected chi connectivity index (χ4v) is 2.54. The van der Waals surface area contributed by atoms with E-state index in [2.05, 4.69) is 15.9 Å². The number of aromatic nitrogens is 1. The molecule has 0 saturated carbocycles. The molecule has 1 aromatic heterocycles. The molecule has 2 aromatic rings. The highest BCUT2D eigenvalue weighted by molar-refractivity contribution is 9.10. The van der Waals surface area contributed by atoms with Crippen molar-refractivity contribution in [1.82, 2.24) is 4.57 Å². The van der Waals surface area contributed by atoms with Crippen LogP contribution in [0.1, 0.15) is 27.2 Å². The van der Waals surface area contributed by atoms with E-state index >= 15 is 0 Å². The van der Waals surface area contributed by atoms with Gasteiger partial charge in [0.15, 0.2) is 0 Å². The molecular formula is C15H13BrFNO3. The van der Waals surface area contributed by atoms with E-state index in [-0.39, 0.29) is 12.1 Å². The number of aromatic carboxylic acids is 1. The Balaban J connectivity index is 2.57. The van der Waals surface area contributed by atoms with Gasteiger partial charge in [0.2, 0.25) is 0 Å². The van der Waals surface area contributed by atoms with Gasteiger partial charge in [0, 0.05) is 15.7 Å². The molecule has 4 nitrogen and oxygen atoms in total. The molecule has 1 aromatic carbocycles. The summed E-state index contributed by atoms with van der Waals surface area (Å²) in [6.45, 7) is 3.25. The van der Waals surface area contributed by atoms with E-state index in [0.29, 0.717) is 21.3 Å². The van der Waals surface area contributed by atoms with Crippen LogP contribution in [-0.2, 0) is 6.54 Å². The van der Waals surface area contributed by atoms with Crippen molar-refractivity contribution in [2.45, 2.75) is 20.4 Å². The summed E-state index contributed by atoms with van der Waals surface area (Å²) in [5, 5.41) is 9.13. The zero-order valence-electron chi connectivity index (χ0n) is 11.5. The van der Waals surface area contributed by atoms with Crippen molar-refractivity contribution in [3.63, 3.8) is 0 Å². The van der Waals surface area contributed by atoms with Crippen molar-refractivity contribution < 1.29 is 14.3 Å². The molecule has 1 heterocycles. The highest BCUT2D eigenvalue weighted by Gasteiger charge is 2.17. The first-order valence-electron chi connectivity index (χ1n) is 6.19. The van der Waals surface area contributed by atoms with Gasteiger partial charge in [-0.25, -0.2) is 9.18 Å². The molecule has 0 atom stereocenters. The summed E-state index contributed by atoms with van der Waals surface area (Å²) in [6.07, 6.45) is 0. The molecule has 110 valence electrons. The Labute approximate surface area is 129 Å². The van der Waals surface area contributed by atoms with Crippen LogP contribution in [-0.4, -0.2) is 15.6 Å². The molecular weight excluding hydrogens is 341 g/mol. The van der Waals surface area contributed by atoms with Crippen molar-refractivity contribution in [2.75, 3.05) is 0 Å². The number of halogens is 2. The number of aryl methyl sites for hydroxylation is 2. The smallest absolute Gasteiger partial charge is 0.341 e. The van der Waals surface area contributed by atoms with Gasteiger partial charge in [0.1, 0.15) is 11.4 Å². The molecule has 0 amide bonds. The molecule has 1 N–H and O–H groups in total. The normalized spacial score (nSPS) is 10.7. The maximum atomic E-state index is 13.9. The predicted octanol–water partition coefficient (Wildman–Crippen LogP) is 3.11. The van der Waals surface area contributed by atoms with E-state index in [1.165, 1.54) is 10.6 Å². The highest BCUT2D eigenvalue weighted by Crippen LogP contribution is 2.17. The Bertz CT molecular complexity index is 783. The Hall–Kier alpha value is -1.95. The van der Waals surface area contributed by atoms with Crippen molar-refractivity contribution in [2.24, 2.45) is 0 Å². The lowest BCUT2D eigenvalue weighted by Gasteiger charge is -2.13. The van der Waals surface area contributed by atoms with Crippen molar-refractivity contribution >= 4 is 21.9 Å². The number of pyridine rings is 1. The summed E-state index contributed by atoms with van der Waals surface area (Å²) in [5.74, 6) is -1.73. The standard InChI is InChI=1S/C15H13BrFNO3/c1-8-5-9(2)18(14(19)13(8)15(20)21)7-10-3-4-11(16)6-12(10)17/h3-6H,7H2,1-2H3,(H,20,21). The Kier molecular flexibility index (Phi) is 4.27. The summed E-state index contributed by atoms with van der Waals surface area (Å²) in [6, 6.07) is 6.15. The monoisotopic (exact) mass is 353 g/mol. The minimum Gasteiger partial charge on any atom is -0.477 e. The Morgan fingerprint density at radius 2 is 2.00 bits per heavy atom. The predicted molar refractivity (Wildman–Crippen MR) is 80.3 cm³/mol. The van der Waals surface area contributed by atoms with Crippen LogP contribution in [0.2, 0.25) is 0 Å². The van der Waals surface area contributed by atoms with E-state index in [4.69, 9.17) is 5.11 Å². The second-order valence-electron chi connectivity index (χ2n) is 4.78. The molecule has 0 unspecified atom stereocenters. The Morgan fingerprint density at radius 3 is 2.57 bits per heavy atom. The van der Waals surface area contributed by atoms with Crippen molar-refractivity contribution in [1.29, 1.82) is 0 Å². The van der Waals surface area contributed by atoms with Gasteiger partial charge in [-0.15, -0.1) is 0 Å². The summed E-state index contributed by atoms with van der Waals surface area (Å²) in [5.41, 5.74) is 0.409. The van der Waals surface area contributed by atoms with E-state index in [1.54, 1.807) is 32.0 Å². The lowest BCUT2D eigenvalue weighted by Crippen LogP contribution is -2.29. The fourth-order valence-electron chi connectivity index (χ4n) is 2.20. The van der Waals surface area contributed by atoms with Gasteiger partial charge in [0.25, 0.3) is 5.56 Å². The largest absolute Gasteiger partial charge is 0.477 e. The highest BCUT2D eigenvalue weighted by atomic mass is 79.9. The van der Waals surface area contributed by atoms with Crippen LogP contribution in [0.5, 0.6) is 0 Å². The molecule has 0 spiro atoms. The van der Waals surface area contributed by atoms with Crippen molar-refractivity contribution in [3.05, 3.63) is 67.3 Å². The lowest BCUT2D eigenvalue weighted by atomic mass is 10.1. The van der Waals surface area contributed by atoms with Crippen LogP contribution < -0.4 is 5.56 Å². The van der Waals surface area contributed by atoms with Gasteiger partial charge < -0.3 is 9.67 Å². The number of hydrogen-bond donors (Lipinski definition) is 1. The van der Waals surface area contributed by atoms with Crippen LogP contribution >= 0.6 is 15.9 Å². The summed E-state index contributed by atoms with van der Waals surface area (Å²) in [4.78, 5) is 23.5. The van der Waals surface area contributed by atoms with Crippen LogP contribution in [0.25, 0.3) is 0 Å². The van der Waals surface area contributed by atoms with Gasteiger partial charge in [-0.05, 0) is 37.6 Å². The number of carbonyl (C=O) groups is 1. The minimum absolute atomic E-state index is 0.00958. The maximum Gasteiger partial charge on any atom is 0.341 e. The van der Waals surface area contributed by atoms with Gasteiger partial charge >= 0.3 is 5.97 Å². The topological polar surface area (TPSA) is 59.3 Å². The summed E-state index contributed by atoms with van der Waals surface area (Å²) >= 11 is 3.16. The van der Waals surface area contributed by atoms with Crippen LogP contribution in [0.4, 0.5) is 4.39 Å². The number of benzene rings is 1. The molecule has 2 rings (SSSR count). The fraction of sp³-hybridized carbons (Fsp3) is 0.200. The SMILES string of the molecule is Cc1cc(C)n(Cc2ccc(Br)cc2F)c(=O)c1C(=O)O. The van der Waals surface area contributed by atoms with Crippen LogP contribution in [0.15, 0.2) is 33.5 Å². The quantitative estimate of drug-likeness (QED) is 0.922. The first-order valence-corrected chi connectivity index (χ1v) is 6.99. The third kappa shape index (κ3) is 3.05. The Morgan fingerprint density at radius 1 is 1.33 bits per heavy atom. The molecule has 6 heteroatoms. The number of carboxylic acids is 1. The molecule has 0 aliphatic carbocycles. The van der Waals surface area contributed by atoms with Gasteiger partial charge in [-0.1, -0.05) is 22.0 Å². The van der Waals surface area contributed by atoms with E-state index < -0.39 is 17.3 Å². The third-order valence-electron chi connectivity index (χ3n) is 3.26. The maximum absolute atomic E-state index is 13.9. The number of hydrogen-bond acceptors (Lipinski definition) is 2.